The maximum Gasteiger partial charge on any atom is 0.132 e. The molecule has 0 aromatic heterocycles. The number of rotatable bonds is 0. The summed E-state index contributed by atoms with van der Waals surface area (Å²) in [5, 5.41) is 31.2. The smallest absolute Gasteiger partial charge is 0.132 e. The van der Waals surface area contributed by atoms with E-state index in [0.29, 0.717) is 30.6 Å². The SMILES string of the molecule is C[C@]12CC[C@H]3[C@@H](C[C@H](O)C4[C@H](F)[C@@H](O)CC[C@@]43C)[C@@H]1CC[C@@H]2O. The van der Waals surface area contributed by atoms with Gasteiger partial charge in [-0.05, 0) is 73.5 Å². The Morgan fingerprint density at radius 1 is 0.826 bits per heavy atom. The summed E-state index contributed by atoms with van der Waals surface area (Å²) in [6, 6.07) is 0. The van der Waals surface area contributed by atoms with Crippen molar-refractivity contribution in [3.05, 3.63) is 0 Å². The van der Waals surface area contributed by atoms with E-state index in [1.165, 1.54) is 0 Å². The highest BCUT2D eigenvalue weighted by atomic mass is 19.1. The Labute approximate surface area is 138 Å². The summed E-state index contributed by atoms with van der Waals surface area (Å²) >= 11 is 0. The molecule has 10 atom stereocenters. The summed E-state index contributed by atoms with van der Waals surface area (Å²) in [6.07, 6.45) is 2.80. The first-order valence-corrected chi connectivity index (χ1v) is 9.47. The van der Waals surface area contributed by atoms with E-state index in [9.17, 15) is 19.7 Å². The molecular formula is C19H31FO3. The first-order valence-electron chi connectivity index (χ1n) is 9.47. The second-order valence-electron chi connectivity index (χ2n) is 9.40. The largest absolute Gasteiger partial charge is 0.393 e. The van der Waals surface area contributed by atoms with Gasteiger partial charge in [0.15, 0.2) is 0 Å². The highest BCUT2D eigenvalue weighted by molar-refractivity contribution is 5.12. The first kappa shape index (κ1) is 16.3. The number of halogens is 1. The van der Waals surface area contributed by atoms with E-state index in [-0.39, 0.29) is 16.9 Å². The summed E-state index contributed by atoms with van der Waals surface area (Å²) in [4.78, 5) is 0. The van der Waals surface area contributed by atoms with Crippen LogP contribution in [0.3, 0.4) is 0 Å². The van der Waals surface area contributed by atoms with Crippen molar-refractivity contribution in [1.82, 2.24) is 0 Å². The Morgan fingerprint density at radius 2 is 1.48 bits per heavy atom. The van der Waals surface area contributed by atoms with Crippen molar-refractivity contribution >= 4 is 0 Å². The summed E-state index contributed by atoms with van der Waals surface area (Å²) in [5.41, 5.74) is -0.233. The Balaban J connectivity index is 1.68. The van der Waals surface area contributed by atoms with Crippen molar-refractivity contribution in [2.75, 3.05) is 0 Å². The van der Waals surface area contributed by atoms with E-state index in [2.05, 4.69) is 13.8 Å². The molecule has 4 aliphatic carbocycles. The fourth-order valence-corrected chi connectivity index (χ4v) is 7.31. The van der Waals surface area contributed by atoms with Gasteiger partial charge in [0, 0.05) is 5.92 Å². The molecule has 4 saturated carbocycles. The lowest BCUT2D eigenvalue weighted by atomic mass is 9.44. The Hall–Kier alpha value is -0.190. The molecule has 0 bridgehead atoms. The van der Waals surface area contributed by atoms with Gasteiger partial charge < -0.3 is 15.3 Å². The average Bonchev–Trinajstić information content (AvgIpc) is 2.79. The van der Waals surface area contributed by atoms with Gasteiger partial charge in [-0.2, -0.15) is 0 Å². The zero-order valence-corrected chi connectivity index (χ0v) is 14.3. The molecule has 3 nitrogen and oxygen atoms in total. The van der Waals surface area contributed by atoms with Crippen molar-refractivity contribution in [3.8, 4) is 0 Å². The van der Waals surface area contributed by atoms with Crippen molar-refractivity contribution in [2.24, 2.45) is 34.5 Å². The number of aliphatic hydroxyl groups is 3. The van der Waals surface area contributed by atoms with Crippen LogP contribution in [0.25, 0.3) is 0 Å². The lowest BCUT2D eigenvalue weighted by Gasteiger charge is -2.62. The lowest BCUT2D eigenvalue weighted by molar-refractivity contribution is -0.199. The number of fused-ring (bicyclic) bond motifs is 5. The fourth-order valence-electron chi connectivity index (χ4n) is 7.31. The maximum absolute atomic E-state index is 14.7. The van der Waals surface area contributed by atoms with Crippen LogP contribution in [0.5, 0.6) is 0 Å². The molecule has 4 heteroatoms. The summed E-state index contributed by atoms with van der Waals surface area (Å²) in [7, 11) is 0. The number of aliphatic hydroxyl groups excluding tert-OH is 3. The first-order chi connectivity index (χ1) is 10.8. The van der Waals surface area contributed by atoms with Gasteiger partial charge in [-0.1, -0.05) is 13.8 Å². The Kier molecular flexibility index (Phi) is 3.65. The van der Waals surface area contributed by atoms with E-state index in [4.69, 9.17) is 0 Å². The average molecular weight is 326 g/mol. The third kappa shape index (κ3) is 2.04. The van der Waals surface area contributed by atoms with Gasteiger partial charge in [0.05, 0.1) is 18.3 Å². The number of hydrogen-bond acceptors (Lipinski definition) is 3. The van der Waals surface area contributed by atoms with Crippen LogP contribution in [0.15, 0.2) is 0 Å². The van der Waals surface area contributed by atoms with Gasteiger partial charge in [-0.15, -0.1) is 0 Å². The van der Waals surface area contributed by atoms with E-state index < -0.39 is 24.3 Å². The summed E-state index contributed by atoms with van der Waals surface area (Å²) in [6.45, 7) is 4.37. The van der Waals surface area contributed by atoms with E-state index in [1.54, 1.807) is 0 Å². The van der Waals surface area contributed by atoms with Gasteiger partial charge in [0.2, 0.25) is 0 Å². The van der Waals surface area contributed by atoms with Gasteiger partial charge in [0.25, 0.3) is 0 Å². The van der Waals surface area contributed by atoms with Crippen LogP contribution in [0.4, 0.5) is 4.39 Å². The summed E-state index contributed by atoms with van der Waals surface area (Å²) < 4.78 is 14.7. The molecule has 0 heterocycles. The molecular weight excluding hydrogens is 295 g/mol. The van der Waals surface area contributed by atoms with Crippen molar-refractivity contribution in [2.45, 2.75) is 83.3 Å². The van der Waals surface area contributed by atoms with Crippen LogP contribution in [0, 0.1) is 34.5 Å². The molecule has 132 valence electrons. The molecule has 0 saturated heterocycles. The molecule has 0 radical (unpaired) electrons. The third-order valence-electron chi connectivity index (χ3n) is 8.61. The lowest BCUT2D eigenvalue weighted by Crippen LogP contribution is -2.62. The minimum absolute atomic E-state index is 0.0205. The van der Waals surface area contributed by atoms with E-state index in [1.807, 2.05) is 0 Å². The molecule has 0 aromatic carbocycles. The van der Waals surface area contributed by atoms with Gasteiger partial charge in [0.1, 0.15) is 6.17 Å². The van der Waals surface area contributed by atoms with Crippen LogP contribution in [0.2, 0.25) is 0 Å². The minimum atomic E-state index is -1.30. The predicted octanol–water partition coefficient (Wildman–Crippen LogP) is 2.67. The molecule has 4 fully saturated rings. The van der Waals surface area contributed by atoms with Crippen molar-refractivity contribution < 1.29 is 19.7 Å². The third-order valence-corrected chi connectivity index (χ3v) is 8.61. The minimum Gasteiger partial charge on any atom is -0.393 e. The van der Waals surface area contributed by atoms with Gasteiger partial charge >= 0.3 is 0 Å². The van der Waals surface area contributed by atoms with Crippen LogP contribution < -0.4 is 0 Å². The molecule has 0 amide bonds. The van der Waals surface area contributed by atoms with Gasteiger partial charge in [-0.25, -0.2) is 4.39 Å². The molecule has 1 unspecified atom stereocenters. The van der Waals surface area contributed by atoms with Crippen LogP contribution in [-0.4, -0.2) is 39.8 Å². The van der Waals surface area contributed by atoms with Crippen molar-refractivity contribution in [1.29, 1.82) is 0 Å². The molecule has 4 aliphatic rings. The number of alkyl halides is 1. The molecule has 3 N–H and O–H groups in total. The second kappa shape index (κ2) is 5.15. The zero-order valence-electron chi connectivity index (χ0n) is 14.3. The highest BCUT2D eigenvalue weighted by Gasteiger charge is 2.63. The zero-order chi connectivity index (χ0) is 16.6. The fraction of sp³-hybridized carbons (Fsp3) is 1.00. The quantitative estimate of drug-likeness (QED) is 0.641. The Morgan fingerprint density at radius 3 is 2.22 bits per heavy atom. The van der Waals surface area contributed by atoms with Crippen LogP contribution in [-0.2, 0) is 0 Å². The molecule has 0 aliphatic heterocycles. The van der Waals surface area contributed by atoms with E-state index >= 15 is 0 Å². The molecule has 0 spiro atoms. The number of hydrogen-bond donors (Lipinski definition) is 3. The molecule has 23 heavy (non-hydrogen) atoms. The Bertz CT molecular complexity index is 485. The topological polar surface area (TPSA) is 60.7 Å². The van der Waals surface area contributed by atoms with Crippen molar-refractivity contribution in [3.63, 3.8) is 0 Å². The molecule has 0 aromatic rings. The van der Waals surface area contributed by atoms with Crippen LogP contribution >= 0.6 is 0 Å². The highest BCUT2D eigenvalue weighted by Crippen LogP contribution is 2.66. The normalized spacial score (nSPS) is 62.3. The summed E-state index contributed by atoms with van der Waals surface area (Å²) in [5.74, 6) is 0.839. The van der Waals surface area contributed by atoms with Gasteiger partial charge in [-0.3, -0.25) is 0 Å². The predicted molar refractivity (Wildman–Crippen MR) is 85.4 cm³/mol. The maximum atomic E-state index is 14.7. The second-order valence-corrected chi connectivity index (χ2v) is 9.40. The van der Waals surface area contributed by atoms with E-state index in [0.717, 1.165) is 32.1 Å². The standard InChI is InChI=1S/C19H31FO3/c1-18-7-5-12-10(11(18)3-4-15(18)23)9-14(22)16-17(20)13(21)6-8-19(12,16)2/h10-17,21-23H,3-9H2,1-2H3/t10-,11-,12-,13-,14-,15-,16?,17+,18-,19+/m0/s1. The molecule has 4 rings (SSSR count). The monoisotopic (exact) mass is 326 g/mol. The van der Waals surface area contributed by atoms with Crippen LogP contribution in [0.1, 0.15) is 58.8 Å².